The van der Waals surface area contributed by atoms with Gasteiger partial charge in [0.2, 0.25) is 0 Å². The third kappa shape index (κ3) is 2.68. The molecule has 1 aromatic carbocycles. The van der Waals surface area contributed by atoms with Gasteiger partial charge in [-0.05, 0) is 38.7 Å². The number of carbonyl (C=O) groups is 2. The first-order valence-electron chi connectivity index (χ1n) is 5.50. The molecule has 1 rings (SSSR count). The van der Waals surface area contributed by atoms with E-state index >= 15 is 0 Å². The van der Waals surface area contributed by atoms with Gasteiger partial charge in [0.1, 0.15) is 17.9 Å². The highest BCUT2D eigenvalue weighted by atomic mass is 16.5. The lowest BCUT2D eigenvalue weighted by molar-refractivity contribution is -0.157. The summed E-state index contributed by atoms with van der Waals surface area (Å²) in [5.41, 5.74) is -0.322. The van der Waals surface area contributed by atoms with E-state index < -0.39 is 11.5 Å². The first-order valence-corrected chi connectivity index (χ1v) is 5.50. The van der Waals surface area contributed by atoms with Crippen molar-refractivity contribution in [3.63, 3.8) is 0 Å². The van der Waals surface area contributed by atoms with E-state index in [2.05, 4.69) is 0 Å². The highest BCUT2D eigenvalue weighted by Gasteiger charge is 2.39. The number of phenolic OH excluding ortho intramolecular Hbond substituents is 1. The maximum atomic E-state index is 12.1. The van der Waals surface area contributed by atoms with Crippen LogP contribution in [0.5, 0.6) is 5.75 Å². The van der Waals surface area contributed by atoms with Crippen molar-refractivity contribution in [1.29, 1.82) is 0 Å². The fourth-order valence-corrected chi connectivity index (χ4v) is 1.59. The molecule has 1 aromatic rings. The zero-order valence-corrected chi connectivity index (χ0v) is 10.7. The number of phenols is 1. The molecule has 1 N–H and O–H groups in total. The van der Waals surface area contributed by atoms with Gasteiger partial charge >= 0.3 is 5.97 Å². The number of carbonyl (C=O) groups excluding carboxylic acids is 2. The minimum absolute atomic E-state index is 0.126. The molecule has 0 bridgehead atoms. The Morgan fingerprint density at radius 2 is 1.94 bits per heavy atom. The predicted octanol–water partition coefficient (Wildman–Crippen LogP) is 0.911. The molecule has 0 aromatic heterocycles. The molecule has 1 atom stereocenters. The van der Waals surface area contributed by atoms with Crippen LogP contribution < -0.4 is 0 Å². The van der Waals surface area contributed by atoms with E-state index in [1.165, 1.54) is 12.1 Å². The standard InChI is InChI=1S/C13H17NO4/c1-13(14(2)3,12(17)18-9-8-15)10-4-6-11(16)7-5-10/h4-8,16H,9H2,1-3H3. The summed E-state index contributed by atoms with van der Waals surface area (Å²) in [6.07, 6.45) is 0.533. The largest absolute Gasteiger partial charge is 0.508 e. The van der Waals surface area contributed by atoms with Crippen LogP contribution in [0.3, 0.4) is 0 Å². The van der Waals surface area contributed by atoms with Crippen molar-refractivity contribution in [1.82, 2.24) is 4.90 Å². The fraction of sp³-hybridized carbons (Fsp3) is 0.385. The highest BCUT2D eigenvalue weighted by molar-refractivity contribution is 5.83. The lowest BCUT2D eigenvalue weighted by atomic mass is 9.90. The van der Waals surface area contributed by atoms with Crippen molar-refractivity contribution >= 4 is 12.3 Å². The van der Waals surface area contributed by atoms with Gasteiger partial charge in [0.15, 0.2) is 6.29 Å². The Hall–Kier alpha value is -1.88. The van der Waals surface area contributed by atoms with E-state index in [-0.39, 0.29) is 12.4 Å². The van der Waals surface area contributed by atoms with Crippen LogP contribution in [0.2, 0.25) is 0 Å². The fourth-order valence-electron chi connectivity index (χ4n) is 1.59. The molecule has 0 fully saturated rings. The third-order valence-corrected chi connectivity index (χ3v) is 3.00. The van der Waals surface area contributed by atoms with Gasteiger partial charge in [0, 0.05) is 0 Å². The lowest BCUT2D eigenvalue weighted by Gasteiger charge is -2.34. The maximum Gasteiger partial charge on any atom is 0.331 e. The van der Waals surface area contributed by atoms with E-state index in [0.29, 0.717) is 11.8 Å². The topological polar surface area (TPSA) is 66.8 Å². The maximum absolute atomic E-state index is 12.1. The average molecular weight is 251 g/mol. The summed E-state index contributed by atoms with van der Waals surface area (Å²) in [6.45, 7) is 1.44. The van der Waals surface area contributed by atoms with Gasteiger partial charge in [-0.1, -0.05) is 12.1 Å². The van der Waals surface area contributed by atoms with Crippen molar-refractivity contribution in [2.24, 2.45) is 0 Å². The molecule has 0 saturated carbocycles. The summed E-state index contributed by atoms with van der Waals surface area (Å²) in [4.78, 5) is 24.0. The quantitative estimate of drug-likeness (QED) is 0.622. The van der Waals surface area contributed by atoms with E-state index in [0.717, 1.165) is 0 Å². The average Bonchev–Trinajstić information content (AvgIpc) is 2.35. The Balaban J connectivity index is 3.10. The number of rotatable bonds is 5. The van der Waals surface area contributed by atoms with Gasteiger partial charge in [-0.15, -0.1) is 0 Å². The first-order chi connectivity index (χ1) is 8.42. The Kier molecular flexibility index (Phi) is 4.44. The Morgan fingerprint density at radius 3 is 2.39 bits per heavy atom. The molecule has 98 valence electrons. The minimum atomic E-state index is -1.00. The summed E-state index contributed by atoms with van der Waals surface area (Å²) < 4.78 is 4.89. The molecular formula is C13H17NO4. The molecule has 1 unspecified atom stereocenters. The molecule has 0 radical (unpaired) electrons. The minimum Gasteiger partial charge on any atom is -0.508 e. The summed E-state index contributed by atoms with van der Waals surface area (Å²) in [6, 6.07) is 6.31. The zero-order valence-electron chi connectivity index (χ0n) is 10.7. The van der Waals surface area contributed by atoms with E-state index in [1.807, 2.05) is 0 Å². The van der Waals surface area contributed by atoms with E-state index in [4.69, 9.17) is 4.74 Å². The van der Waals surface area contributed by atoms with Gasteiger partial charge in [0.05, 0.1) is 0 Å². The Bertz CT molecular complexity index is 427. The second-order valence-corrected chi connectivity index (χ2v) is 4.28. The van der Waals surface area contributed by atoms with Crippen LogP contribution in [-0.4, -0.2) is 43.0 Å². The third-order valence-electron chi connectivity index (χ3n) is 3.00. The second kappa shape index (κ2) is 5.64. The van der Waals surface area contributed by atoms with Crippen molar-refractivity contribution in [2.45, 2.75) is 12.5 Å². The number of esters is 1. The molecular weight excluding hydrogens is 234 g/mol. The lowest BCUT2D eigenvalue weighted by Crippen LogP contribution is -2.47. The molecule has 0 aliphatic rings. The van der Waals surface area contributed by atoms with E-state index in [9.17, 15) is 14.7 Å². The molecule has 0 saturated heterocycles. The Morgan fingerprint density at radius 1 is 1.39 bits per heavy atom. The molecule has 0 spiro atoms. The molecule has 18 heavy (non-hydrogen) atoms. The number of likely N-dealkylation sites (N-methyl/N-ethyl adjacent to an activating group) is 1. The second-order valence-electron chi connectivity index (χ2n) is 4.28. The normalized spacial score (nSPS) is 14.0. The Labute approximate surface area is 106 Å². The van der Waals surface area contributed by atoms with Gasteiger partial charge in [-0.25, -0.2) is 4.79 Å². The van der Waals surface area contributed by atoms with E-state index in [1.54, 1.807) is 38.1 Å². The number of benzene rings is 1. The summed E-state index contributed by atoms with van der Waals surface area (Å²) in [5.74, 6) is -0.383. The van der Waals surface area contributed by atoms with Crippen molar-refractivity contribution in [3.05, 3.63) is 29.8 Å². The van der Waals surface area contributed by atoms with Crippen LogP contribution in [-0.2, 0) is 19.9 Å². The number of aldehydes is 1. The van der Waals surface area contributed by atoms with Crippen molar-refractivity contribution in [2.75, 3.05) is 20.7 Å². The van der Waals surface area contributed by atoms with Crippen LogP contribution in [0.25, 0.3) is 0 Å². The monoisotopic (exact) mass is 251 g/mol. The molecule has 0 aliphatic carbocycles. The smallest absolute Gasteiger partial charge is 0.331 e. The molecule has 0 amide bonds. The van der Waals surface area contributed by atoms with Crippen LogP contribution >= 0.6 is 0 Å². The van der Waals surface area contributed by atoms with Gasteiger partial charge in [0.25, 0.3) is 0 Å². The first kappa shape index (κ1) is 14.2. The predicted molar refractivity (Wildman–Crippen MR) is 66.2 cm³/mol. The number of ether oxygens (including phenoxy) is 1. The van der Waals surface area contributed by atoms with Gasteiger partial charge in [-0.3, -0.25) is 9.69 Å². The summed E-state index contributed by atoms with van der Waals surface area (Å²) >= 11 is 0. The molecule has 0 heterocycles. The van der Waals surface area contributed by atoms with Gasteiger partial charge < -0.3 is 9.84 Å². The van der Waals surface area contributed by atoms with Gasteiger partial charge in [-0.2, -0.15) is 0 Å². The van der Waals surface area contributed by atoms with Crippen LogP contribution in [0.1, 0.15) is 12.5 Å². The molecule has 5 heteroatoms. The number of aromatic hydroxyl groups is 1. The zero-order chi connectivity index (χ0) is 13.8. The number of hydrogen-bond donors (Lipinski definition) is 1. The van der Waals surface area contributed by atoms with Crippen LogP contribution in [0.15, 0.2) is 24.3 Å². The van der Waals surface area contributed by atoms with Crippen LogP contribution in [0, 0.1) is 0 Å². The molecule has 0 aliphatic heterocycles. The van der Waals surface area contributed by atoms with Crippen molar-refractivity contribution < 1.29 is 19.4 Å². The van der Waals surface area contributed by atoms with Crippen LogP contribution in [0.4, 0.5) is 0 Å². The number of hydrogen-bond acceptors (Lipinski definition) is 5. The summed E-state index contributed by atoms with van der Waals surface area (Å²) in [5, 5.41) is 9.26. The SMILES string of the molecule is CN(C)C(C)(C(=O)OCC=O)c1ccc(O)cc1. The van der Waals surface area contributed by atoms with Crippen molar-refractivity contribution in [3.8, 4) is 5.75 Å². The highest BCUT2D eigenvalue weighted by Crippen LogP contribution is 2.28. The molecule has 5 nitrogen and oxygen atoms in total. The number of nitrogens with zero attached hydrogens (tertiary/aromatic N) is 1. The summed E-state index contributed by atoms with van der Waals surface area (Å²) in [7, 11) is 3.49.